The van der Waals surface area contributed by atoms with E-state index in [0.29, 0.717) is 45.4 Å². The van der Waals surface area contributed by atoms with Crippen molar-refractivity contribution in [1.29, 1.82) is 5.41 Å². The molecule has 0 aromatic carbocycles. The average Bonchev–Trinajstić information content (AvgIpc) is 2.83. The number of hydrogen-bond donors (Lipinski definition) is 3. The lowest BCUT2D eigenvalue weighted by Gasteiger charge is -2.33. The fourth-order valence-electron chi connectivity index (χ4n) is 3.14. The zero-order chi connectivity index (χ0) is 25.5. The molecule has 0 spiro atoms. The fourth-order valence-corrected chi connectivity index (χ4v) is 8.63. The van der Waals surface area contributed by atoms with Gasteiger partial charge < -0.3 is 32.0 Å². The number of aliphatic hydroxyl groups excluding tert-OH is 1. The van der Waals surface area contributed by atoms with Gasteiger partial charge in [-0.25, -0.2) is 0 Å². The fraction of sp³-hybridized carbons (Fsp3) is 0.870. The van der Waals surface area contributed by atoms with Crippen LogP contribution in [0.4, 0.5) is 0 Å². The SMILES string of the molecule is CCCC(=N)OCCC[Si](C)(OCC(C)CO)OCC(C)CO[Si]1(CCCS)OC=C(C)CO1. The maximum atomic E-state index is 9.38. The molecule has 1 rings (SSSR count). The molecule has 0 saturated heterocycles. The lowest BCUT2D eigenvalue weighted by atomic mass is 10.2. The Labute approximate surface area is 214 Å². The molecule has 0 saturated carbocycles. The minimum absolute atomic E-state index is 0.0555. The average molecular weight is 538 g/mol. The summed E-state index contributed by atoms with van der Waals surface area (Å²) in [5.41, 5.74) is 1.05. The van der Waals surface area contributed by atoms with Crippen LogP contribution in [-0.4, -0.2) is 73.8 Å². The second-order valence-corrected chi connectivity index (χ2v) is 15.9. The molecular formula is C23H47NO7SSi2. The molecule has 0 radical (unpaired) electrons. The lowest BCUT2D eigenvalue weighted by molar-refractivity contribution is 0.0561. The van der Waals surface area contributed by atoms with Gasteiger partial charge in [0.15, 0.2) is 5.90 Å². The van der Waals surface area contributed by atoms with E-state index < -0.39 is 17.4 Å². The number of thiol groups is 1. The normalized spacial score (nSPS) is 21.8. The zero-order valence-electron chi connectivity index (χ0n) is 21.8. The third-order valence-corrected chi connectivity index (χ3v) is 11.1. The van der Waals surface area contributed by atoms with Crippen molar-refractivity contribution in [1.82, 2.24) is 0 Å². The first kappa shape index (κ1) is 31.6. The van der Waals surface area contributed by atoms with Gasteiger partial charge in [0.25, 0.3) is 0 Å². The molecule has 0 aromatic heterocycles. The largest absolute Gasteiger partial charge is 0.565 e. The Balaban J connectivity index is 2.58. The Morgan fingerprint density at radius 2 is 1.94 bits per heavy atom. The van der Waals surface area contributed by atoms with Crippen molar-refractivity contribution < 1.29 is 32.0 Å². The minimum atomic E-state index is -2.73. The van der Waals surface area contributed by atoms with Crippen LogP contribution in [0.25, 0.3) is 0 Å². The van der Waals surface area contributed by atoms with Crippen LogP contribution in [0.15, 0.2) is 11.8 Å². The molecule has 1 heterocycles. The molecule has 4 atom stereocenters. The van der Waals surface area contributed by atoms with E-state index in [0.717, 1.165) is 42.7 Å². The Morgan fingerprint density at radius 1 is 1.24 bits per heavy atom. The molecular weight excluding hydrogens is 490 g/mol. The summed E-state index contributed by atoms with van der Waals surface area (Å²) in [5.74, 6) is 1.29. The first-order chi connectivity index (χ1) is 16.2. The van der Waals surface area contributed by atoms with Crippen molar-refractivity contribution >= 4 is 35.9 Å². The molecule has 0 aromatic rings. The number of nitrogens with one attached hydrogen (secondary N) is 1. The summed E-state index contributed by atoms with van der Waals surface area (Å²) >= 11 is 4.32. The number of aliphatic hydroxyl groups is 1. The summed E-state index contributed by atoms with van der Waals surface area (Å²) in [6.07, 6.45) is 4.99. The summed E-state index contributed by atoms with van der Waals surface area (Å²) in [6, 6.07) is 1.50. The summed E-state index contributed by atoms with van der Waals surface area (Å²) in [5, 5.41) is 17.2. The summed E-state index contributed by atoms with van der Waals surface area (Å²) in [7, 11) is -5.21. The van der Waals surface area contributed by atoms with Crippen LogP contribution in [0.2, 0.25) is 18.6 Å². The van der Waals surface area contributed by atoms with E-state index >= 15 is 0 Å². The van der Waals surface area contributed by atoms with Crippen LogP contribution in [0.1, 0.15) is 53.4 Å². The van der Waals surface area contributed by atoms with Gasteiger partial charge in [0.1, 0.15) is 0 Å². The van der Waals surface area contributed by atoms with Gasteiger partial charge in [0, 0.05) is 50.7 Å². The molecule has 4 unspecified atom stereocenters. The molecule has 200 valence electrons. The molecule has 34 heavy (non-hydrogen) atoms. The van der Waals surface area contributed by atoms with Crippen molar-refractivity contribution in [2.75, 3.05) is 45.4 Å². The third-order valence-electron chi connectivity index (χ3n) is 5.37. The highest BCUT2D eigenvalue weighted by Gasteiger charge is 2.44. The van der Waals surface area contributed by atoms with Gasteiger partial charge in [-0.1, -0.05) is 20.8 Å². The van der Waals surface area contributed by atoms with Crippen molar-refractivity contribution in [2.45, 2.75) is 72.0 Å². The van der Waals surface area contributed by atoms with E-state index in [-0.39, 0.29) is 18.4 Å². The monoisotopic (exact) mass is 537 g/mol. The summed E-state index contributed by atoms with van der Waals surface area (Å²) in [6.45, 7) is 12.7. The predicted molar refractivity (Wildman–Crippen MR) is 143 cm³/mol. The molecule has 0 amide bonds. The highest BCUT2D eigenvalue weighted by molar-refractivity contribution is 7.80. The van der Waals surface area contributed by atoms with Crippen LogP contribution >= 0.6 is 12.6 Å². The molecule has 0 fully saturated rings. The van der Waals surface area contributed by atoms with Crippen molar-refractivity contribution in [3.63, 3.8) is 0 Å². The van der Waals surface area contributed by atoms with Gasteiger partial charge >= 0.3 is 17.4 Å². The quantitative estimate of drug-likeness (QED) is 0.0718. The standard InChI is InChI=1S/C23H47NO7SSi2/c1-6-9-23(24)26-10-7-12-33(5,27-15-20(2)14-25)28-16-21(3)17-29-34(13-8-11-32)30-18-22(4)19-31-34/h18,20-21,24-25,32H,6-17,19H2,1-5H3. The molecule has 1 aliphatic rings. The second kappa shape index (κ2) is 17.1. The van der Waals surface area contributed by atoms with Crippen molar-refractivity contribution in [3.8, 4) is 0 Å². The van der Waals surface area contributed by atoms with E-state index in [1.807, 2.05) is 20.8 Å². The van der Waals surface area contributed by atoms with Gasteiger partial charge in [-0.3, -0.25) is 5.41 Å². The first-order valence-corrected chi connectivity index (χ1v) is 17.6. The summed E-state index contributed by atoms with van der Waals surface area (Å²) < 4.78 is 36.3. The molecule has 1 aliphatic heterocycles. The van der Waals surface area contributed by atoms with E-state index in [1.54, 1.807) is 6.26 Å². The van der Waals surface area contributed by atoms with Crippen LogP contribution in [0, 0.1) is 17.2 Å². The highest BCUT2D eigenvalue weighted by Crippen LogP contribution is 2.25. The lowest BCUT2D eigenvalue weighted by Crippen LogP contribution is -2.48. The molecule has 11 heteroatoms. The Kier molecular flexibility index (Phi) is 15.9. The van der Waals surface area contributed by atoms with Crippen LogP contribution in [-0.2, 0) is 26.9 Å². The Hall–Kier alpha value is -0.406. The van der Waals surface area contributed by atoms with E-state index in [9.17, 15) is 5.11 Å². The van der Waals surface area contributed by atoms with Gasteiger partial charge in [0.2, 0.25) is 0 Å². The highest BCUT2D eigenvalue weighted by atomic mass is 32.1. The van der Waals surface area contributed by atoms with E-state index in [1.165, 1.54) is 0 Å². The minimum Gasteiger partial charge on any atom is -0.507 e. The maximum Gasteiger partial charge on any atom is 0.565 e. The number of hydrogen-bond acceptors (Lipinski definition) is 9. The third kappa shape index (κ3) is 13.1. The molecule has 8 nitrogen and oxygen atoms in total. The van der Waals surface area contributed by atoms with Crippen molar-refractivity contribution in [2.24, 2.45) is 11.8 Å². The first-order valence-electron chi connectivity index (χ1n) is 12.5. The number of rotatable bonds is 19. The van der Waals surface area contributed by atoms with Crippen LogP contribution in [0.3, 0.4) is 0 Å². The molecule has 2 N–H and O–H groups in total. The topological polar surface area (TPSA) is 99.5 Å². The predicted octanol–water partition coefficient (Wildman–Crippen LogP) is 4.77. The molecule has 0 bridgehead atoms. The number of ether oxygens (including phenoxy) is 1. The molecule has 0 aliphatic carbocycles. The van der Waals surface area contributed by atoms with Gasteiger partial charge in [-0.2, -0.15) is 12.6 Å². The Bertz CT molecular complexity index is 616. The van der Waals surface area contributed by atoms with Crippen LogP contribution in [0.5, 0.6) is 0 Å². The van der Waals surface area contributed by atoms with Crippen molar-refractivity contribution in [3.05, 3.63) is 11.8 Å². The van der Waals surface area contributed by atoms with E-state index in [4.69, 9.17) is 32.3 Å². The maximum absolute atomic E-state index is 9.38. The smallest absolute Gasteiger partial charge is 0.507 e. The van der Waals surface area contributed by atoms with E-state index in [2.05, 4.69) is 26.1 Å². The van der Waals surface area contributed by atoms with Gasteiger partial charge in [-0.15, -0.1) is 0 Å². The second-order valence-electron chi connectivity index (χ2n) is 9.47. The van der Waals surface area contributed by atoms with Crippen LogP contribution < -0.4 is 0 Å². The Morgan fingerprint density at radius 3 is 2.53 bits per heavy atom. The zero-order valence-corrected chi connectivity index (χ0v) is 24.7. The van der Waals surface area contributed by atoms with Gasteiger partial charge in [0.05, 0.1) is 19.5 Å². The van der Waals surface area contributed by atoms with Gasteiger partial charge in [-0.05, 0) is 50.1 Å². The summed E-state index contributed by atoms with van der Waals surface area (Å²) in [4.78, 5) is 0.